The zero-order valence-corrected chi connectivity index (χ0v) is 18.7. The van der Waals surface area contributed by atoms with Gasteiger partial charge >= 0.3 is 0 Å². The van der Waals surface area contributed by atoms with Gasteiger partial charge in [0.2, 0.25) is 0 Å². The molecule has 0 aliphatic carbocycles. The van der Waals surface area contributed by atoms with E-state index in [0.29, 0.717) is 13.2 Å². The van der Waals surface area contributed by atoms with Gasteiger partial charge in [-0.1, -0.05) is 12.1 Å². The van der Waals surface area contributed by atoms with E-state index in [9.17, 15) is 0 Å². The quantitative estimate of drug-likeness (QED) is 0.263. The number of thiophene rings is 4. The van der Waals surface area contributed by atoms with Gasteiger partial charge < -0.3 is 9.47 Å². The van der Waals surface area contributed by atoms with Crippen LogP contribution in [0.1, 0.15) is 13.8 Å². The van der Waals surface area contributed by atoms with Gasteiger partial charge in [0.05, 0.1) is 32.4 Å². The molecule has 0 aliphatic heterocycles. The van der Waals surface area contributed by atoms with Crippen molar-refractivity contribution in [3.05, 3.63) is 47.2 Å². The molecule has 0 N–H and O–H groups in total. The van der Waals surface area contributed by atoms with E-state index in [4.69, 9.17) is 9.47 Å². The van der Waals surface area contributed by atoms with Crippen LogP contribution in [0.15, 0.2) is 47.2 Å². The summed E-state index contributed by atoms with van der Waals surface area (Å²) in [4.78, 5) is 5.01. The third kappa shape index (κ3) is 3.05. The summed E-state index contributed by atoms with van der Waals surface area (Å²) in [5.74, 6) is 1.98. The Hall–Kier alpha value is -1.86. The Kier molecular flexibility index (Phi) is 4.88. The van der Waals surface area contributed by atoms with E-state index in [1.807, 2.05) is 36.5 Å². The number of hydrogen-bond acceptors (Lipinski definition) is 6. The standard InChI is InChI=1S/C22H18O2S4/c1-3-23-15-7-9-25-21(15)17-11-13-5-6-14-12-18(28-20(14)19(13)27-17)22-16(24-4-2)8-10-26-22/h5-12H,3-4H2,1-2H3. The molecular formula is C22H18O2S4. The largest absolute Gasteiger partial charge is 0.492 e. The first-order valence-electron chi connectivity index (χ1n) is 9.16. The predicted molar refractivity (Wildman–Crippen MR) is 126 cm³/mol. The van der Waals surface area contributed by atoms with E-state index in [0.717, 1.165) is 11.5 Å². The molecule has 5 rings (SSSR count). The number of hydrogen-bond donors (Lipinski definition) is 0. The molecule has 28 heavy (non-hydrogen) atoms. The molecule has 4 aromatic heterocycles. The highest BCUT2D eigenvalue weighted by Gasteiger charge is 2.16. The van der Waals surface area contributed by atoms with Crippen molar-refractivity contribution in [2.75, 3.05) is 13.2 Å². The lowest BCUT2D eigenvalue weighted by atomic mass is 10.2. The fraction of sp³-hybridized carbons (Fsp3) is 0.182. The molecule has 0 bridgehead atoms. The van der Waals surface area contributed by atoms with Gasteiger partial charge in [0.25, 0.3) is 0 Å². The minimum absolute atomic E-state index is 0.691. The van der Waals surface area contributed by atoms with Crippen LogP contribution < -0.4 is 9.47 Å². The Morgan fingerprint density at radius 1 is 0.679 bits per heavy atom. The van der Waals surface area contributed by atoms with E-state index >= 15 is 0 Å². The summed E-state index contributed by atoms with van der Waals surface area (Å²) in [6.45, 7) is 5.45. The molecule has 0 amide bonds. The first-order chi connectivity index (χ1) is 13.8. The summed E-state index contributed by atoms with van der Waals surface area (Å²) in [6, 6.07) is 13.2. The summed E-state index contributed by atoms with van der Waals surface area (Å²) < 4.78 is 14.3. The van der Waals surface area contributed by atoms with Gasteiger partial charge in [-0.2, -0.15) is 0 Å². The zero-order valence-electron chi connectivity index (χ0n) is 15.5. The van der Waals surface area contributed by atoms with Gasteiger partial charge in [-0.05, 0) is 59.6 Å². The average molecular weight is 443 g/mol. The van der Waals surface area contributed by atoms with Crippen LogP contribution >= 0.6 is 45.3 Å². The maximum absolute atomic E-state index is 5.81. The molecule has 4 heterocycles. The highest BCUT2D eigenvalue weighted by atomic mass is 32.1. The van der Waals surface area contributed by atoms with E-state index in [-0.39, 0.29) is 0 Å². The van der Waals surface area contributed by atoms with Crippen LogP contribution in [0.3, 0.4) is 0 Å². The molecule has 142 valence electrons. The average Bonchev–Trinajstić information content (AvgIpc) is 3.46. The number of benzene rings is 1. The summed E-state index contributed by atoms with van der Waals surface area (Å²) in [5, 5.41) is 6.81. The Bertz CT molecular complexity index is 1160. The predicted octanol–water partition coefficient (Wildman–Crippen LogP) is 8.37. The molecule has 0 atom stereocenters. The minimum Gasteiger partial charge on any atom is -0.492 e. The highest BCUT2D eigenvalue weighted by molar-refractivity contribution is 7.32. The SMILES string of the molecule is CCOc1ccsc1-c1cc2ccc3cc(-c4sccc4OCC)sc3c2s1. The summed E-state index contributed by atoms with van der Waals surface area (Å²) in [7, 11) is 0. The van der Waals surface area contributed by atoms with Gasteiger partial charge in [0, 0.05) is 9.75 Å². The van der Waals surface area contributed by atoms with Crippen molar-refractivity contribution >= 4 is 65.5 Å². The topological polar surface area (TPSA) is 18.5 Å². The van der Waals surface area contributed by atoms with Crippen molar-refractivity contribution in [1.29, 1.82) is 0 Å². The number of rotatable bonds is 6. The molecule has 5 aromatic rings. The minimum atomic E-state index is 0.691. The number of ether oxygens (including phenoxy) is 2. The molecule has 0 aliphatic rings. The Balaban J connectivity index is 1.64. The molecule has 2 nitrogen and oxygen atoms in total. The lowest BCUT2D eigenvalue weighted by Crippen LogP contribution is -1.89. The van der Waals surface area contributed by atoms with Gasteiger partial charge in [0.1, 0.15) is 11.5 Å². The first kappa shape index (κ1) is 18.2. The van der Waals surface area contributed by atoms with Crippen molar-refractivity contribution in [1.82, 2.24) is 0 Å². The van der Waals surface area contributed by atoms with Crippen LogP contribution in [0, 0.1) is 0 Å². The van der Waals surface area contributed by atoms with Crippen LogP contribution in [-0.4, -0.2) is 13.2 Å². The monoisotopic (exact) mass is 442 g/mol. The zero-order chi connectivity index (χ0) is 19.1. The highest BCUT2D eigenvalue weighted by Crippen LogP contribution is 2.48. The van der Waals surface area contributed by atoms with E-state index in [1.165, 1.54) is 39.7 Å². The Labute approximate surface area is 179 Å². The van der Waals surface area contributed by atoms with Crippen LogP contribution in [0.25, 0.3) is 39.7 Å². The van der Waals surface area contributed by atoms with Crippen molar-refractivity contribution < 1.29 is 9.47 Å². The van der Waals surface area contributed by atoms with Crippen molar-refractivity contribution in [2.24, 2.45) is 0 Å². The maximum atomic E-state index is 5.81. The summed E-state index contributed by atoms with van der Waals surface area (Å²) >= 11 is 7.22. The lowest BCUT2D eigenvalue weighted by Gasteiger charge is -2.02. The van der Waals surface area contributed by atoms with E-state index in [1.54, 1.807) is 22.7 Å². The van der Waals surface area contributed by atoms with Gasteiger partial charge in [-0.15, -0.1) is 45.3 Å². The molecule has 1 aromatic carbocycles. The molecule has 0 radical (unpaired) electrons. The molecule has 0 unspecified atom stereocenters. The smallest absolute Gasteiger partial charge is 0.138 e. The second-order valence-electron chi connectivity index (χ2n) is 6.22. The molecular weight excluding hydrogens is 425 g/mol. The third-order valence-electron chi connectivity index (χ3n) is 4.48. The molecule has 0 saturated heterocycles. The first-order valence-corrected chi connectivity index (χ1v) is 12.5. The molecule has 0 saturated carbocycles. The van der Waals surface area contributed by atoms with Crippen molar-refractivity contribution in [3.8, 4) is 31.0 Å². The van der Waals surface area contributed by atoms with E-state index < -0.39 is 0 Å². The maximum Gasteiger partial charge on any atom is 0.138 e. The summed E-state index contributed by atoms with van der Waals surface area (Å²) in [5.41, 5.74) is 0. The second-order valence-corrected chi connectivity index (χ2v) is 10.2. The Morgan fingerprint density at radius 2 is 1.14 bits per heavy atom. The van der Waals surface area contributed by atoms with Crippen molar-refractivity contribution in [3.63, 3.8) is 0 Å². The second kappa shape index (κ2) is 7.52. The number of fused-ring (bicyclic) bond motifs is 3. The third-order valence-corrected chi connectivity index (χ3v) is 9.09. The summed E-state index contributed by atoms with van der Waals surface area (Å²) in [6.07, 6.45) is 0. The van der Waals surface area contributed by atoms with Gasteiger partial charge in [-0.25, -0.2) is 0 Å². The van der Waals surface area contributed by atoms with Crippen molar-refractivity contribution in [2.45, 2.75) is 13.8 Å². The molecule has 0 fully saturated rings. The molecule has 6 heteroatoms. The van der Waals surface area contributed by atoms with Crippen LogP contribution in [-0.2, 0) is 0 Å². The fourth-order valence-electron chi connectivity index (χ4n) is 3.31. The van der Waals surface area contributed by atoms with Gasteiger partial charge in [-0.3, -0.25) is 0 Å². The Morgan fingerprint density at radius 3 is 1.57 bits per heavy atom. The molecule has 0 spiro atoms. The van der Waals surface area contributed by atoms with E-state index in [2.05, 4.69) is 47.2 Å². The van der Waals surface area contributed by atoms with Gasteiger partial charge in [0.15, 0.2) is 0 Å². The van der Waals surface area contributed by atoms with Crippen LogP contribution in [0.4, 0.5) is 0 Å². The van der Waals surface area contributed by atoms with Crippen LogP contribution in [0.5, 0.6) is 11.5 Å². The fourth-order valence-corrected chi connectivity index (χ4v) is 7.70. The normalized spacial score (nSPS) is 11.5. The van der Waals surface area contributed by atoms with Crippen LogP contribution in [0.2, 0.25) is 0 Å². The lowest BCUT2D eigenvalue weighted by molar-refractivity contribution is 0.343.